The summed E-state index contributed by atoms with van der Waals surface area (Å²) in [7, 11) is 0. The lowest BCUT2D eigenvalue weighted by Gasteiger charge is -2.25. The van der Waals surface area contributed by atoms with Gasteiger partial charge in [-0.25, -0.2) is 15.2 Å². The number of hydrogen-bond donors (Lipinski definition) is 1. The number of rotatable bonds is 5. The zero-order valence-corrected chi connectivity index (χ0v) is 24.3. The van der Waals surface area contributed by atoms with Gasteiger partial charge in [0.25, 0.3) is 5.72 Å². The van der Waals surface area contributed by atoms with Gasteiger partial charge in [0, 0.05) is 35.5 Å². The van der Waals surface area contributed by atoms with Gasteiger partial charge < -0.3 is 28.6 Å². The molecular weight excluding hydrogens is 550 g/mol. The van der Waals surface area contributed by atoms with E-state index in [2.05, 4.69) is 4.90 Å². The second kappa shape index (κ2) is 16.4. The third-order valence-electron chi connectivity index (χ3n) is 7.14. The van der Waals surface area contributed by atoms with Gasteiger partial charge in [0.15, 0.2) is 5.84 Å². The van der Waals surface area contributed by atoms with E-state index in [-0.39, 0.29) is 0 Å². The summed E-state index contributed by atoms with van der Waals surface area (Å²) in [5.74, 6) is 0.472. The van der Waals surface area contributed by atoms with Crippen LogP contribution in [0.25, 0.3) is 0 Å². The third kappa shape index (κ3) is 8.33. The van der Waals surface area contributed by atoms with Crippen LogP contribution in [-0.2, 0) is 34.3 Å². The van der Waals surface area contributed by atoms with Crippen LogP contribution in [-0.4, -0.2) is 96.0 Å². The van der Waals surface area contributed by atoms with Crippen molar-refractivity contribution in [1.29, 1.82) is 0 Å². The fourth-order valence-electron chi connectivity index (χ4n) is 4.90. The van der Waals surface area contributed by atoms with E-state index < -0.39 is 5.72 Å². The molecule has 1 atom stereocenters. The van der Waals surface area contributed by atoms with Crippen molar-refractivity contribution in [3.8, 4) is 0 Å². The Morgan fingerprint density at radius 3 is 1.58 bits per heavy atom. The Morgan fingerprint density at radius 2 is 1.07 bits per heavy atom. The average Bonchev–Trinajstić information content (AvgIpc) is 3.47. The molecule has 10 heteroatoms. The van der Waals surface area contributed by atoms with Gasteiger partial charge in [0.2, 0.25) is 0 Å². The maximum absolute atomic E-state index is 10.3. The number of nitrogens with zero attached hydrogens (tertiary/aromatic N) is 3. The number of benzene rings is 3. The van der Waals surface area contributed by atoms with Crippen LogP contribution in [0.5, 0.6) is 0 Å². The molecule has 228 valence electrons. The van der Waals surface area contributed by atoms with Gasteiger partial charge in [-0.15, -0.1) is 0 Å². The van der Waals surface area contributed by atoms with E-state index in [1.165, 1.54) is 0 Å². The summed E-state index contributed by atoms with van der Waals surface area (Å²) in [6, 6.07) is 27.1. The summed E-state index contributed by atoms with van der Waals surface area (Å²) < 4.78 is 28.3. The lowest BCUT2D eigenvalue weighted by molar-refractivity contribution is -0.302. The predicted molar refractivity (Wildman–Crippen MR) is 164 cm³/mol. The van der Waals surface area contributed by atoms with Crippen molar-refractivity contribution < 1.29 is 33.8 Å². The van der Waals surface area contributed by atoms with Crippen LogP contribution in [0.2, 0.25) is 0 Å². The summed E-state index contributed by atoms with van der Waals surface area (Å²) in [5, 5.41) is 10.3. The molecule has 1 saturated heterocycles. The smallest absolute Gasteiger partial charge is 0.262 e. The lowest BCUT2D eigenvalue weighted by Crippen LogP contribution is -2.34. The summed E-state index contributed by atoms with van der Waals surface area (Å²) in [4.78, 5) is 17.1. The van der Waals surface area contributed by atoms with Gasteiger partial charge in [-0.05, 0) is 24.3 Å². The van der Waals surface area contributed by atoms with Gasteiger partial charge >= 0.3 is 0 Å². The fourth-order valence-corrected chi connectivity index (χ4v) is 4.90. The molecule has 2 aliphatic heterocycles. The van der Waals surface area contributed by atoms with Crippen molar-refractivity contribution in [1.82, 2.24) is 0 Å². The molecule has 1 fully saturated rings. The molecule has 2 aliphatic rings. The number of anilines is 1. The Hall–Kier alpha value is -3.48. The van der Waals surface area contributed by atoms with Crippen LogP contribution in [0.3, 0.4) is 0 Å². The van der Waals surface area contributed by atoms with Crippen molar-refractivity contribution in [2.24, 2.45) is 9.98 Å². The van der Waals surface area contributed by atoms with Gasteiger partial charge in [-0.1, -0.05) is 60.7 Å². The second-order valence-electron chi connectivity index (χ2n) is 9.96. The van der Waals surface area contributed by atoms with Crippen molar-refractivity contribution in [2.45, 2.75) is 5.72 Å². The first-order chi connectivity index (χ1) is 21.3. The summed E-state index contributed by atoms with van der Waals surface area (Å²) in [5.41, 5.74) is 2.36. The Bertz CT molecular complexity index is 1290. The van der Waals surface area contributed by atoms with E-state index in [1.807, 2.05) is 84.9 Å². The van der Waals surface area contributed by atoms with Gasteiger partial charge in [-0.3, -0.25) is 0 Å². The zero-order valence-electron chi connectivity index (χ0n) is 24.3. The molecule has 3 aromatic carbocycles. The van der Waals surface area contributed by atoms with Crippen molar-refractivity contribution in [2.75, 3.05) is 84.1 Å². The number of ether oxygens (including phenoxy) is 5. The first kappa shape index (κ1) is 31.0. The highest BCUT2D eigenvalue weighted by Gasteiger charge is 2.45. The zero-order chi connectivity index (χ0) is 29.6. The first-order valence-electron chi connectivity index (χ1n) is 14.7. The second-order valence-corrected chi connectivity index (χ2v) is 9.96. The SMILES string of the molecule is OOC1(c2ccccc2)N=C(c2ccc(N3CCOCCOCCOCCOCCOCC3)cc2)N=C1c1ccccc1. The molecule has 0 spiro atoms. The topological polar surface area (TPSA) is 104 Å². The highest BCUT2D eigenvalue weighted by atomic mass is 17.1. The standard InChI is InChI=1S/C33H39N3O7/c37-43-33(29-9-5-2-6-10-29)31(27-7-3-1-4-8-27)34-32(35-33)28-11-13-30(14-12-28)36-15-17-38-19-21-40-23-25-42-26-24-41-22-20-39-18-16-36/h1-14,37H,15-26H2. The summed E-state index contributed by atoms with van der Waals surface area (Å²) in [6.07, 6.45) is 0. The van der Waals surface area contributed by atoms with E-state index >= 15 is 0 Å². The van der Waals surface area contributed by atoms with E-state index in [0.717, 1.165) is 16.8 Å². The predicted octanol–water partition coefficient (Wildman–Crippen LogP) is 4.18. The van der Waals surface area contributed by atoms with Crippen molar-refractivity contribution in [3.05, 3.63) is 102 Å². The Kier molecular flexibility index (Phi) is 11.8. The molecule has 1 unspecified atom stereocenters. The maximum Gasteiger partial charge on any atom is 0.262 e. The minimum Gasteiger partial charge on any atom is -0.377 e. The van der Waals surface area contributed by atoms with E-state index in [1.54, 1.807) is 0 Å². The molecule has 0 saturated carbocycles. The first-order valence-corrected chi connectivity index (χ1v) is 14.7. The van der Waals surface area contributed by atoms with E-state index in [9.17, 15) is 5.26 Å². The molecule has 0 radical (unpaired) electrons. The molecule has 0 amide bonds. The molecule has 0 bridgehead atoms. The van der Waals surface area contributed by atoms with E-state index in [0.29, 0.717) is 96.3 Å². The summed E-state index contributed by atoms with van der Waals surface area (Å²) >= 11 is 0. The molecule has 10 nitrogen and oxygen atoms in total. The maximum atomic E-state index is 10.3. The highest BCUT2D eigenvalue weighted by Crippen LogP contribution is 2.37. The van der Waals surface area contributed by atoms with Crippen LogP contribution in [0.15, 0.2) is 94.9 Å². The molecule has 3 aromatic rings. The fraction of sp³-hybridized carbons (Fsp3) is 0.394. The number of aliphatic imine (C=N–C) groups is 2. The Labute approximate surface area is 252 Å². The van der Waals surface area contributed by atoms with Gasteiger partial charge in [0.05, 0.1) is 66.1 Å². The molecule has 2 heterocycles. The van der Waals surface area contributed by atoms with Crippen LogP contribution in [0.1, 0.15) is 16.7 Å². The van der Waals surface area contributed by atoms with Crippen LogP contribution < -0.4 is 4.90 Å². The van der Waals surface area contributed by atoms with Crippen molar-refractivity contribution >= 4 is 17.2 Å². The lowest BCUT2D eigenvalue weighted by atomic mass is 9.93. The van der Waals surface area contributed by atoms with Crippen LogP contribution in [0.4, 0.5) is 5.69 Å². The largest absolute Gasteiger partial charge is 0.377 e. The molecule has 5 rings (SSSR count). The van der Waals surface area contributed by atoms with Crippen LogP contribution in [0, 0.1) is 0 Å². The minimum atomic E-state index is -1.48. The van der Waals surface area contributed by atoms with Crippen LogP contribution >= 0.6 is 0 Å². The molecule has 1 N–H and O–H groups in total. The molecular formula is C33H39N3O7. The molecule has 43 heavy (non-hydrogen) atoms. The Balaban J connectivity index is 1.33. The molecule has 0 aliphatic carbocycles. The number of amidine groups is 1. The quantitative estimate of drug-likeness (QED) is 0.349. The minimum absolute atomic E-state index is 0.472. The third-order valence-corrected chi connectivity index (χ3v) is 7.14. The van der Waals surface area contributed by atoms with Crippen molar-refractivity contribution in [3.63, 3.8) is 0 Å². The van der Waals surface area contributed by atoms with Gasteiger partial charge in [-0.2, -0.15) is 4.89 Å². The highest BCUT2D eigenvalue weighted by molar-refractivity contribution is 6.20. The average molecular weight is 590 g/mol. The number of hydrogen-bond acceptors (Lipinski definition) is 10. The Morgan fingerprint density at radius 1 is 0.581 bits per heavy atom. The molecule has 0 aromatic heterocycles. The monoisotopic (exact) mass is 589 g/mol. The normalized spacial score (nSPS) is 21.8. The van der Waals surface area contributed by atoms with E-state index in [4.69, 9.17) is 38.6 Å². The summed E-state index contributed by atoms with van der Waals surface area (Å²) in [6.45, 7) is 6.70. The van der Waals surface area contributed by atoms with Gasteiger partial charge in [0.1, 0.15) is 5.71 Å².